The van der Waals surface area contributed by atoms with Crippen molar-refractivity contribution in [3.05, 3.63) is 29.8 Å². The lowest BCUT2D eigenvalue weighted by Gasteiger charge is -2.33. The third-order valence-corrected chi connectivity index (χ3v) is 5.27. The molecule has 0 aromatic heterocycles. The van der Waals surface area contributed by atoms with Crippen molar-refractivity contribution in [3.8, 4) is 0 Å². The van der Waals surface area contributed by atoms with Crippen molar-refractivity contribution in [2.24, 2.45) is 0 Å². The first-order chi connectivity index (χ1) is 8.86. The Kier molecular flexibility index (Phi) is 3.71. The summed E-state index contributed by atoms with van der Waals surface area (Å²) in [7, 11) is 0. The average Bonchev–Trinajstić information content (AvgIpc) is 2.81. The largest absolute Gasteiger partial charge is 0.302 e. The van der Waals surface area contributed by atoms with Gasteiger partial charge in [-0.15, -0.1) is 11.8 Å². The van der Waals surface area contributed by atoms with Gasteiger partial charge in [0.15, 0.2) is 0 Å². The summed E-state index contributed by atoms with van der Waals surface area (Å²) >= 11 is 1.98. The van der Waals surface area contributed by atoms with E-state index >= 15 is 0 Å². The van der Waals surface area contributed by atoms with Crippen LogP contribution < -0.4 is 0 Å². The zero-order chi connectivity index (χ0) is 12.4. The van der Waals surface area contributed by atoms with E-state index in [1.165, 1.54) is 23.3 Å². The van der Waals surface area contributed by atoms with Crippen LogP contribution in [0.25, 0.3) is 0 Å². The number of piperidine rings is 1. The van der Waals surface area contributed by atoms with Crippen molar-refractivity contribution in [1.82, 2.24) is 4.90 Å². The number of carbonyl (C=O) groups excluding carboxylic acids is 1. The van der Waals surface area contributed by atoms with Gasteiger partial charge in [-0.2, -0.15) is 0 Å². The smallest absolute Gasteiger partial charge is 0.137 e. The zero-order valence-electron chi connectivity index (χ0n) is 10.5. The highest BCUT2D eigenvalue weighted by Gasteiger charge is 2.28. The monoisotopic (exact) mass is 261 g/mol. The summed E-state index contributed by atoms with van der Waals surface area (Å²) in [6, 6.07) is 8.85. The molecule has 1 saturated heterocycles. The third-order valence-electron chi connectivity index (χ3n) is 3.97. The van der Waals surface area contributed by atoms with Crippen LogP contribution in [-0.4, -0.2) is 35.6 Å². The number of nitrogens with zero attached hydrogens (tertiary/aromatic N) is 1. The lowest BCUT2D eigenvalue weighted by atomic mass is 10.0. The van der Waals surface area contributed by atoms with E-state index < -0.39 is 0 Å². The molecule has 2 unspecified atom stereocenters. The molecule has 1 fully saturated rings. The standard InChI is InChI=1S/C15H19NOS/c17-11-13-6-3-4-8-16(13)10-14-9-12-5-1-2-7-15(12)18-14/h1-2,5,7,11,13-14H,3-4,6,8-10H2. The minimum Gasteiger partial charge on any atom is -0.302 e. The van der Waals surface area contributed by atoms with Crippen LogP contribution in [0.1, 0.15) is 24.8 Å². The zero-order valence-corrected chi connectivity index (χ0v) is 11.4. The van der Waals surface area contributed by atoms with Crippen LogP contribution in [-0.2, 0) is 11.2 Å². The first-order valence-corrected chi connectivity index (χ1v) is 7.68. The normalized spacial score (nSPS) is 28.0. The van der Waals surface area contributed by atoms with E-state index in [1.54, 1.807) is 0 Å². The minimum atomic E-state index is 0.170. The Morgan fingerprint density at radius 1 is 1.33 bits per heavy atom. The molecule has 0 bridgehead atoms. The Balaban J connectivity index is 1.63. The Bertz CT molecular complexity index is 409. The number of benzene rings is 1. The molecule has 0 amide bonds. The predicted octanol–water partition coefficient (Wildman–Crippen LogP) is 2.76. The number of thioether (sulfide) groups is 1. The molecule has 0 N–H and O–H groups in total. The molecule has 96 valence electrons. The van der Waals surface area contributed by atoms with Gasteiger partial charge in [-0.05, 0) is 37.4 Å². The highest BCUT2D eigenvalue weighted by Crippen LogP contribution is 2.37. The van der Waals surface area contributed by atoms with E-state index in [1.807, 2.05) is 11.8 Å². The molecule has 2 atom stereocenters. The van der Waals surface area contributed by atoms with E-state index in [0.717, 1.165) is 32.2 Å². The summed E-state index contributed by atoms with van der Waals surface area (Å²) in [4.78, 5) is 14.9. The molecule has 0 spiro atoms. The second-order valence-electron chi connectivity index (χ2n) is 5.25. The van der Waals surface area contributed by atoms with Crippen molar-refractivity contribution >= 4 is 18.0 Å². The van der Waals surface area contributed by atoms with Crippen LogP contribution in [0.4, 0.5) is 0 Å². The van der Waals surface area contributed by atoms with Gasteiger partial charge >= 0.3 is 0 Å². The first kappa shape index (κ1) is 12.2. The van der Waals surface area contributed by atoms with Crippen LogP contribution in [0, 0.1) is 0 Å². The van der Waals surface area contributed by atoms with E-state index in [4.69, 9.17) is 0 Å². The summed E-state index contributed by atoms with van der Waals surface area (Å²) in [5.41, 5.74) is 1.48. The maximum absolute atomic E-state index is 11.1. The van der Waals surface area contributed by atoms with Crippen molar-refractivity contribution in [2.75, 3.05) is 13.1 Å². The fourth-order valence-electron chi connectivity index (χ4n) is 3.01. The fraction of sp³-hybridized carbons (Fsp3) is 0.533. The van der Waals surface area contributed by atoms with Crippen LogP contribution in [0.5, 0.6) is 0 Å². The number of likely N-dealkylation sites (tertiary alicyclic amines) is 1. The van der Waals surface area contributed by atoms with Crippen molar-refractivity contribution < 1.29 is 4.79 Å². The molecule has 0 aliphatic carbocycles. The van der Waals surface area contributed by atoms with Gasteiger partial charge in [0.2, 0.25) is 0 Å². The topological polar surface area (TPSA) is 20.3 Å². The lowest BCUT2D eigenvalue weighted by molar-refractivity contribution is -0.113. The third kappa shape index (κ3) is 2.47. The molecule has 1 aromatic rings. The molecular weight excluding hydrogens is 242 g/mol. The number of rotatable bonds is 3. The lowest BCUT2D eigenvalue weighted by Crippen LogP contribution is -2.43. The highest BCUT2D eigenvalue weighted by molar-refractivity contribution is 8.00. The van der Waals surface area contributed by atoms with Gasteiger partial charge in [-0.3, -0.25) is 4.90 Å². The van der Waals surface area contributed by atoms with E-state index in [9.17, 15) is 4.79 Å². The molecule has 2 aliphatic rings. The van der Waals surface area contributed by atoms with Gasteiger partial charge in [0, 0.05) is 16.7 Å². The molecule has 2 heterocycles. The van der Waals surface area contributed by atoms with Crippen LogP contribution in [0.15, 0.2) is 29.2 Å². The molecule has 2 aliphatic heterocycles. The van der Waals surface area contributed by atoms with Gasteiger partial charge in [0.25, 0.3) is 0 Å². The van der Waals surface area contributed by atoms with Gasteiger partial charge in [-0.25, -0.2) is 0 Å². The molecule has 18 heavy (non-hydrogen) atoms. The molecule has 3 heteroatoms. The molecular formula is C15H19NOS. The Hall–Kier alpha value is -0.800. The fourth-order valence-corrected chi connectivity index (χ4v) is 4.36. The summed E-state index contributed by atoms with van der Waals surface area (Å²) in [6.45, 7) is 2.15. The van der Waals surface area contributed by atoms with Gasteiger partial charge in [0.05, 0.1) is 6.04 Å². The quantitative estimate of drug-likeness (QED) is 0.780. The summed E-state index contributed by atoms with van der Waals surface area (Å²) < 4.78 is 0. The summed E-state index contributed by atoms with van der Waals surface area (Å²) in [5.74, 6) is 0. The second kappa shape index (κ2) is 5.45. The average molecular weight is 261 g/mol. The van der Waals surface area contributed by atoms with Crippen LogP contribution >= 0.6 is 11.8 Å². The summed E-state index contributed by atoms with van der Waals surface area (Å²) in [6.07, 6.45) is 5.80. The number of fused-ring (bicyclic) bond motifs is 1. The van der Waals surface area contributed by atoms with Crippen molar-refractivity contribution in [2.45, 2.75) is 41.9 Å². The van der Waals surface area contributed by atoms with Gasteiger partial charge in [-0.1, -0.05) is 24.6 Å². The van der Waals surface area contributed by atoms with Crippen molar-refractivity contribution in [3.63, 3.8) is 0 Å². The molecule has 1 aromatic carbocycles. The number of aldehydes is 1. The number of carbonyl (C=O) groups is 1. The Labute approximate surface area is 113 Å². The SMILES string of the molecule is O=CC1CCCCN1CC1Cc2ccccc2S1. The Morgan fingerprint density at radius 2 is 2.22 bits per heavy atom. The van der Waals surface area contributed by atoms with Gasteiger partial charge < -0.3 is 4.79 Å². The van der Waals surface area contributed by atoms with E-state index in [-0.39, 0.29) is 6.04 Å². The predicted molar refractivity (Wildman–Crippen MR) is 75.1 cm³/mol. The molecule has 2 nitrogen and oxygen atoms in total. The maximum atomic E-state index is 11.1. The van der Waals surface area contributed by atoms with Crippen LogP contribution in [0.2, 0.25) is 0 Å². The minimum absolute atomic E-state index is 0.170. The van der Waals surface area contributed by atoms with E-state index in [2.05, 4.69) is 29.2 Å². The highest BCUT2D eigenvalue weighted by atomic mass is 32.2. The first-order valence-electron chi connectivity index (χ1n) is 6.81. The molecule has 0 radical (unpaired) electrons. The number of hydrogen-bond donors (Lipinski definition) is 0. The number of hydrogen-bond acceptors (Lipinski definition) is 3. The summed E-state index contributed by atoms with van der Waals surface area (Å²) in [5, 5.41) is 0.628. The molecule has 0 saturated carbocycles. The van der Waals surface area contributed by atoms with Crippen LogP contribution in [0.3, 0.4) is 0 Å². The second-order valence-corrected chi connectivity index (χ2v) is 6.59. The maximum Gasteiger partial charge on any atom is 0.137 e. The Morgan fingerprint density at radius 3 is 3.06 bits per heavy atom. The van der Waals surface area contributed by atoms with E-state index in [0.29, 0.717) is 5.25 Å². The molecule has 3 rings (SSSR count). The van der Waals surface area contributed by atoms with Gasteiger partial charge in [0.1, 0.15) is 6.29 Å². The van der Waals surface area contributed by atoms with Crippen molar-refractivity contribution in [1.29, 1.82) is 0 Å².